The molecule has 0 saturated carbocycles. The molecule has 100 valence electrons. The lowest BCUT2D eigenvalue weighted by Crippen LogP contribution is -2.43. The Bertz CT molecular complexity index is 423. The molecule has 18 heavy (non-hydrogen) atoms. The van der Waals surface area contributed by atoms with Crippen LogP contribution in [0.1, 0.15) is 19.4 Å². The van der Waals surface area contributed by atoms with E-state index in [1.165, 1.54) is 6.07 Å². The molecule has 1 unspecified atom stereocenters. The molecule has 0 radical (unpaired) electrons. The average Bonchev–Trinajstić information content (AvgIpc) is 2.38. The Morgan fingerprint density at radius 3 is 2.56 bits per heavy atom. The third kappa shape index (κ3) is 3.50. The van der Waals surface area contributed by atoms with Crippen LogP contribution in [0.4, 0.5) is 8.78 Å². The van der Waals surface area contributed by atoms with E-state index in [2.05, 4.69) is 5.32 Å². The van der Waals surface area contributed by atoms with Crippen LogP contribution in [0.2, 0.25) is 0 Å². The second-order valence-electron chi connectivity index (χ2n) is 4.11. The first-order chi connectivity index (χ1) is 8.49. The van der Waals surface area contributed by atoms with Crippen molar-refractivity contribution in [3.05, 3.63) is 35.4 Å². The molecule has 3 nitrogen and oxygen atoms in total. The van der Waals surface area contributed by atoms with Crippen molar-refractivity contribution in [2.75, 3.05) is 13.6 Å². The Balaban J connectivity index is 2.79. The number of hydrogen-bond acceptors (Lipinski definition) is 2. The molecule has 1 atom stereocenters. The average molecular weight is 256 g/mol. The fourth-order valence-corrected chi connectivity index (χ4v) is 1.60. The molecule has 0 aromatic heterocycles. The third-order valence-corrected chi connectivity index (χ3v) is 2.85. The monoisotopic (exact) mass is 256 g/mol. The second-order valence-corrected chi connectivity index (χ2v) is 4.11. The predicted octanol–water partition coefficient (Wildman–Crippen LogP) is 1.92. The van der Waals surface area contributed by atoms with E-state index in [0.29, 0.717) is 12.1 Å². The maximum absolute atomic E-state index is 13.1. The Hall–Kier alpha value is -1.49. The standard InChI is InChI=1S/C13H18F2N2O/c1-4-17(13(18)9(2)16-3)8-10-5-6-11(14)12(15)7-10/h5-7,9,16H,4,8H2,1-3H3. The summed E-state index contributed by atoms with van der Waals surface area (Å²) in [5.41, 5.74) is 0.576. The Morgan fingerprint density at radius 2 is 2.06 bits per heavy atom. The van der Waals surface area contributed by atoms with Gasteiger partial charge in [-0.25, -0.2) is 8.78 Å². The summed E-state index contributed by atoms with van der Waals surface area (Å²) >= 11 is 0. The molecule has 1 rings (SSSR count). The van der Waals surface area contributed by atoms with E-state index >= 15 is 0 Å². The van der Waals surface area contributed by atoms with Gasteiger partial charge in [-0.15, -0.1) is 0 Å². The van der Waals surface area contributed by atoms with Crippen LogP contribution in [0, 0.1) is 11.6 Å². The third-order valence-electron chi connectivity index (χ3n) is 2.85. The lowest BCUT2D eigenvalue weighted by Gasteiger charge is -2.24. The fraction of sp³-hybridized carbons (Fsp3) is 0.462. The van der Waals surface area contributed by atoms with E-state index in [1.807, 2.05) is 6.92 Å². The second kappa shape index (κ2) is 6.44. The number of nitrogens with zero attached hydrogens (tertiary/aromatic N) is 1. The van der Waals surface area contributed by atoms with E-state index in [1.54, 1.807) is 18.9 Å². The van der Waals surface area contributed by atoms with Crippen molar-refractivity contribution >= 4 is 5.91 Å². The number of carbonyl (C=O) groups is 1. The summed E-state index contributed by atoms with van der Waals surface area (Å²) in [6.07, 6.45) is 0. The van der Waals surface area contributed by atoms with Gasteiger partial charge >= 0.3 is 0 Å². The number of amides is 1. The van der Waals surface area contributed by atoms with Crippen molar-refractivity contribution in [2.24, 2.45) is 0 Å². The van der Waals surface area contributed by atoms with Crippen LogP contribution >= 0.6 is 0 Å². The zero-order valence-corrected chi connectivity index (χ0v) is 10.8. The maximum atomic E-state index is 13.1. The number of carbonyl (C=O) groups excluding carboxylic acids is 1. The Morgan fingerprint density at radius 1 is 1.39 bits per heavy atom. The van der Waals surface area contributed by atoms with Gasteiger partial charge in [0.1, 0.15) is 0 Å². The summed E-state index contributed by atoms with van der Waals surface area (Å²) < 4.78 is 25.9. The van der Waals surface area contributed by atoms with Crippen molar-refractivity contribution in [3.63, 3.8) is 0 Å². The molecule has 0 aliphatic carbocycles. The predicted molar refractivity (Wildman–Crippen MR) is 66.0 cm³/mol. The first kappa shape index (κ1) is 14.6. The highest BCUT2D eigenvalue weighted by atomic mass is 19.2. The minimum absolute atomic E-state index is 0.0651. The van der Waals surface area contributed by atoms with Gasteiger partial charge in [0.15, 0.2) is 11.6 Å². The summed E-state index contributed by atoms with van der Waals surface area (Å²) in [4.78, 5) is 13.5. The van der Waals surface area contributed by atoms with Crippen LogP contribution < -0.4 is 5.32 Å². The quantitative estimate of drug-likeness (QED) is 0.873. The lowest BCUT2D eigenvalue weighted by atomic mass is 10.2. The number of nitrogens with one attached hydrogen (secondary N) is 1. The normalized spacial score (nSPS) is 12.3. The summed E-state index contributed by atoms with van der Waals surface area (Å²) in [7, 11) is 1.70. The topological polar surface area (TPSA) is 32.3 Å². The van der Waals surface area contributed by atoms with Gasteiger partial charge in [-0.05, 0) is 38.6 Å². The highest BCUT2D eigenvalue weighted by Crippen LogP contribution is 2.11. The lowest BCUT2D eigenvalue weighted by molar-refractivity contribution is -0.133. The van der Waals surface area contributed by atoms with Gasteiger partial charge < -0.3 is 10.2 Å². The molecule has 0 heterocycles. The van der Waals surface area contributed by atoms with E-state index in [9.17, 15) is 13.6 Å². The van der Waals surface area contributed by atoms with Crippen LogP contribution in [0.5, 0.6) is 0 Å². The molecule has 1 aromatic rings. The van der Waals surface area contributed by atoms with Crippen molar-refractivity contribution in [3.8, 4) is 0 Å². The SMILES string of the molecule is CCN(Cc1ccc(F)c(F)c1)C(=O)C(C)NC. The van der Waals surface area contributed by atoms with Crippen LogP contribution in [0.25, 0.3) is 0 Å². The Kier molecular flexibility index (Phi) is 5.22. The molecule has 5 heteroatoms. The van der Waals surface area contributed by atoms with E-state index < -0.39 is 11.6 Å². The van der Waals surface area contributed by atoms with Crippen molar-refractivity contribution in [1.82, 2.24) is 10.2 Å². The van der Waals surface area contributed by atoms with Crippen molar-refractivity contribution < 1.29 is 13.6 Å². The van der Waals surface area contributed by atoms with Gasteiger partial charge in [0.25, 0.3) is 0 Å². The Labute approximate surface area is 106 Å². The highest BCUT2D eigenvalue weighted by molar-refractivity contribution is 5.81. The number of likely N-dealkylation sites (N-methyl/N-ethyl adjacent to an activating group) is 2. The van der Waals surface area contributed by atoms with Gasteiger partial charge in [-0.2, -0.15) is 0 Å². The number of benzene rings is 1. The molecule has 0 bridgehead atoms. The zero-order chi connectivity index (χ0) is 13.7. The molecule has 0 aliphatic rings. The number of halogens is 2. The number of rotatable bonds is 5. The molecule has 1 amide bonds. The summed E-state index contributed by atoms with van der Waals surface area (Å²) in [5.74, 6) is -1.83. The summed E-state index contributed by atoms with van der Waals surface area (Å²) in [6.45, 7) is 4.40. The largest absolute Gasteiger partial charge is 0.337 e. The van der Waals surface area contributed by atoms with Crippen LogP contribution in [0.3, 0.4) is 0 Å². The molecular weight excluding hydrogens is 238 g/mol. The summed E-state index contributed by atoms with van der Waals surface area (Å²) in [6, 6.07) is 3.38. The van der Waals surface area contributed by atoms with E-state index in [-0.39, 0.29) is 18.5 Å². The molecule has 1 N–H and O–H groups in total. The molecule has 1 aromatic carbocycles. The minimum atomic E-state index is -0.891. The smallest absolute Gasteiger partial charge is 0.239 e. The fourth-order valence-electron chi connectivity index (χ4n) is 1.60. The summed E-state index contributed by atoms with van der Waals surface area (Å²) in [5, 5.41) is 2.86. The molecular formula is C13H18F2N2O. The molecule has 0 saturated heterocycles. The number of hydrogen-bond donors (Lipinski definition) is 1. The highest BCUT2D eigenvalue weighted by Gasteiger charge is 2.18. The van der Waals surface area contributed by atoms with Crippen LogP contribution in [0.15, 0.2) is 18.2 Å². The van der Waals surface area contributed by atoms with Crippen molar-refractivity contribution in [2.45, 2.75) is 26.4 Å². The first-order valence-corrected chi connectivity index (χ1v) is 5.89. The minimum Gasteiger partial charge on any atom is -0.337 e. The molecule has 0 aliphatic heterocycles. The van der Waals surface area contributed by atoms with Gasteiger partial charge in [-0.1, -0.05) is 6.07 Å². The van der Waals surface area contributed by atoms with Gasteiger partial charge in [0.2, 0.25) is 5.91 Å². The van der Waals surface area contributed by atoms with Gasteiger partial charge in [0, 0.05) is 13.1 Å². The van der Waals surface area contributed by atoms with E-state index in [0.717, 1.165) is 12.1 Å². The van der Waals surface area contributed by atoms with Gasteiger partial charge in [-0.3, -0.25) is 4.79 Å². The van der Waals surface area contributed by atoms with Crippen molar-refractivity contribution in [1.29, 1.82) is 0 Å². The molecule has 0 spiro atoms. The molecule has 0 fully saturated rings. The zero-order valence-electron chi connectivity index (χ0n) is 10.8. The van der Waals surface area contributed by atoms with Crippen LogP contribution in [-0.2, 0) is 11.3 Å². The first-order valence-electron chi connectivity index (χ1n) is 5.89. The van der Waals surface area contributed by atoms with E-state index in [4.69, 9.17) is 0 Å². The van der Waals surface area contributed by atoms with Crippen LogP contribution in [-0.4, -0.2) is 30.4 Å². The van der Waals surface area contributed by atoms with Gasteiger partial charge in [0.05, 0.1) is 6.04 Å². The maximum Gasteiger partial charge on any atom is 0.239 e.